The smallest absolute Gasteiger partial charge is 0.407 e. The van der Waals surface area contributed by atoms with E-state index in [9.17, 15) is 38.4 Å². The molecule has 9 amide bonds. The van der Waals surface area contributed by atoms with Crippen LogP contribution in [-0.2, 0) is 50.0 Å². The van der Waals surface area contributed by atoms with E-state index < -0.39 is 36.0 Å². The number of alkyl carbamates (subject to hydrolysis) is 1. The SMILES string of the molecule is CCCCCCC(=O)NC(C(=O)NC(CCCNC(N)=O)C(=O)Nc1ccc(COC(=O)NCCNC(=O)c2ccc(CN3CCc4ncc(NC(=O)c5ccc6c(c5)N=C(N)CC(C(=O)N(CCC)CCC)=C6)cc4C3)cc2)cc1)C(C)C. The van der Waals surface area contributed by atoms with Gasteiger partial charge in [-0.1, -0.05) is 84.2 Å². The lowest BCUT2D eigenvalue weighted by atomic mass is 10.0. The van der Waals surface area contributed by atoms with Crippen molar-refractivity contribution in [2.24, 2.45) is 22.4 Å². The molecule has 2 aliphatic rings. The van der Waals surface area contributed by atoms with Gasteiger partial charge in [-0.3, -0.25) is 38.7 Å². The van der Waals surface area contributed by atoms with Gasteiger partial charge in [-0.25, -0.2) is 14.6 Å². The molecule has 1 aromatic heterocycles. The van der Waals surface area contributed by atoms with Gasteiger partial charge >= 0.3 is 12.1 Å². The summed E-state index contributed by atoms with van der Waals surface area (Å²) >= 11 is 0. The molecule has 0 bridgehead atoms. The van der Waals surface area contributed by atoms with E-state index in [0.717, 1.165) is 68.3 Å². The van der Waals surface area contributed by atoms with Gasteiger partial charge in [-0.05, 0) is 103 Å². The predicted molar refractivity (Wildman–Crippen MR) is 324 cm³/mol. The van der Waals surface area contributed by atoms with Crippen LogP contribution in [-0.4, -0.2) is 120 Å². The lowest BCUT2D eigenvalue weighted by Gasteiger charge is -2.28. The van der Waals surface area contributed by atoms with Crippen LogP contribution in [0.3, 0.4) is 0 Å². The molecular weight excluding hydrogens is 1070 g/mol. The number of carbonyl (C=O) groups is 8. The summed E-state index contributed by atoms with van der Waals surface area (Å²) in [6, 6.07) is 18.5. The number of ether oxygens (including phenoxy) is 1. The summed E-state index contributed by atoms with van der Waals surface area (Å²) in [5.41, 5.74) is 18.7. The van der Waals surface area contributed by atoms with Gasteiger partial charge in [0.25, 0.3) is 11.8 Å². The Labute approximate surface area is 492 Å². The van der Waals surface area contributed by atoms with Crippen LogP contribution in [0.5, 0.6) is 0 Å². The van der Waals surface area contributed by atoms with Gasteiger partial charge in [0.1, 0.15) is 24.5 Å². The van der Waals surface area contributed by atoms with Gasteiger partial charge in [0.2, 0.25) is 23.6 Å². The summed E-state index contributed by atoms with van der Waals surface area (Å²) in [6.45, 7) is 13.5. The molecular formula is C62H83N13O9. The number of fused-ring (bicyclic) bond motifs is 2. The first-order chi connectivity index (χ1) is 40.4. The topological polar surface area (TPSA) is 314 Å². The summed E-state index contributed by atoms with van der Waals surface area (Å²) in [5, 5.41) is 19.3. The number of rotatable bonds is 30. The molecule has 2 aliphatic heterocycles. The Morgan fingerprint density at radius 3 is 2.14 bits per heavy atom. The van der Waals surface area contributed by atoms with Crippen molar-refractivity contribution in [1.82, 2.24) is 41.4 Å². The zero-order chi connectivity index (χ0) is 60.5. The summed E-state index contributed by atoms with van der Waals surface area (Å²) in [4.78, 5) is 117. The van der Waals surface area contributed by atoms with E-state index in [1.54, 1.807) is 60.8 Å². The van der Waals surface area contributed by atoms with Crippen LogP contribution in [0, 0.1) is 5.92 Å². The minimum atomic E-state index is -0.998. The number of hydrogen-bond acceptors (Lipinski definition) is 13. The summed E-state index contributed by atoms with van der Waals surface area (Å²) in [7, 11) is 0. The van der Waals surface area contributed by atoms with Crippen molar-refractivity contribution in [2.45, 2.75) is 137 Å². The Kier molecular flexibility index (Phi) is 25.2. The second-order valence-electron chi connectivity index (χ2n) is 21.5. The number of amides is 9. The molecule has 0 fully saturated rings. The molecule has 2 atom stereocenters. The van der Waals surface area contributed by atoms with Crippen LogP contribution in [0.15, 0.2) is 89.6 Å². The number of carbonyl (C=O) groups excluding carboxylic acids is 8. The highest BCUT2D eigenvalue weighted by atomic mass is 16.5. The highest BCUT2D eigenvalue weighted by molar-refractivity contribution is 6.08. The largest absolute Gasteiger partial charge is 0.445 e. The molecule has 0 radical (unpaired) electrons. The zero-order valence-electron chi connectivity index (χ0n) is 49.1. The lowest BCUT2D eigenvalue weighted by molar-refractivity contribution is -0.132. The Hall–Kier alpha value is -8.66. The second-order valence-corrected chi connectivity index (χ2v) is 21.5. The summed E-state index contributed by atoms with van der Waals surface area (Å²) < 4.78 is 5.36. The van der Waals surface area contributed by atoms with Crippen molar-refractivity contribution in [3.8, 4) is 0 Å². The summed E-state index contributed by atoms with van der Waals surface area (Å²) in [6.07, 6.45) is 9.96. The number of urea groups is 1. The fourth-order valence-corrected chi connectivity index (χ4v) is 9.74. The molecule has 450 valence electrons. The van der Waals surface area contributed by atoms with Crippen LogP contribution in [0.4, 0.5) is 26.7 Å². The number of benzene rings is 3. The van der Waals surface area contributed by atoms with E-state index in [0.29, 0.717) is 89.7 Å². The van der Waals surface area contributed by atoms with E-state index in [-0.39, 0.29) is 68.6 Å². The first-order valence-corrected chi connectivity index (χ1v) is 29.2. The second kappa shape index (κ2) is 32.8. The Morgan fingerprint density at radius 1 is 0.726 bits per heavy atom. The number of aromatic nitrogens is 1. The third-order valence-corrected chi connectivity index (χ3v) is 14.2. The van der Waals surface area contributed by atoms with E-state index in [2.05, 4.69) is 59.0 Å². The first-order valence-electron chi connectivity index (χ1n) is 29.2. The zero-order valence-corrected chi connectivity index (χ0v) is 49.1. The van der Waals surface area contributed by atoms with Crippen molar-refractivity contribution in [3.05, 3.63) is 124 Å². The third-order valence-electron chi connectivity index (χ3n) is 14.2. The molecule has 22 heteroatoms. The number of unbranched alkanes of at least 4 members (excludes halogenated alkanes) is 3. The molecule has 4 aromatic rings. The van der Waals surface area contributed by atoms with Gasteiger partial charge in [0.15, 0.2) is 0 Å². The molecule has 0 saturated heterocycles. The number of aliphatic imine (C=N–C) groups is 1. The number of pyridine rings is 1. The number of primary amides is 1. The summed E-state index contributed by atoms with van der Waals surface area (Å²) in [5.74, 6) is -1.87. The van der Waals surface area contributed by atoms with Crippen molar-refractivity contribution >= 4 is 76.5 Å². The molecule has 6 rings (SSSR count). The molecule has 2 unspecified atom stereocenters. The van der Waals surface area contributed by atoms with Crippen LogP contribution < -0.4 is 48.7 Å². The Balaban J connectivity index is 0.911. The van der Waals surface area contributed by atoms with E-state index in [1.807, 2.05) is 56.9 Å². The number of amidine groups is 1. The number of hydrogen-bond donors (Lipinski definition) is 9. The first kappa shape index (κ1) is 64.5. The van der Waals surface area contributed by atoms with Crippen molar-refractivity contribution in [3.63, 3.8) is 0 Å². The van der Waals surface area contributed by atoms with Crippen LogP contribution in [0.2, 0.25) is 0 Å². The van der Waals surface area contributed by atoms with Gasteiger partial charge in [0, 0.05) is 105 Å². The maximum absolute atomic E-state index is 13.6. The lowest BCUT2D eigenvalue weighted by Crippen LogP contribution is -2.54. The van der Waals surface area contributed by atoms with Crippen LogP contribution in [0.1, 0.15) is 147 Å². The minimum absolute atomic E-state index is 0.0544. The molecule has 11 N–H and O–H groups in total. The van der Waals surface area contributed by atoms with Gasteiger partial charge in [0.05, 0.1) is 17.6 Å². The van der Waals surface area contributed by atoms with Gasteiger partial charge in [-0.2, -0.15) is 0 Å². The van der Waals surface area contributed by atoms with Crippen molar-refractivity contribution in [1.29, 1.82) is 0 Å². The van der Waals surface area contributed by atoms with E-state index >= 15 is 0 Å². The minimum Gasteiger partial charge on any atom is -0.445 e. The maximum atomic E-state index is 13.6. The average molecular weight is 1150 g/mol. The van der Waals surface area contributed by atoms with Crippen molar-refractivity contribution in [2.75, 3.05) is 49.9 Å². The van der Waals surface area contributed by atoms with Crippen LogP contribution >= 0.6 is 0 Å². The molecule has 0 saturated carbocycles. The van der Waals surface area contributed by atoms with E-state index in [1.165, 1.54) is 0 Å². The molecule has 22 nitrogen and oxygen atoms in total. The maximum Gasteiger partial charge on any atom is 0.407 e. The standard InChI is InChI=1S/C62H83N13O9/c1-6-9-10-11-14-54(76)73-55(40(4)5)59(80)72-51(13-12-26-66-61(64)82)58(79)69-48-23-17-42(18-24-48)39-84-62(83)67-28-27-65-56(77)43-19-15-41(16-20-43)37-74-31-25-50-47(38-74)33-49(36-68-50)70-57(78)45-22-21-44-32-46(35-53(63)71-52(44)34-45)60(81)75(29-7-2)30-8-3/h15-24,32-34,36,40,51,55H,6-14,25-31,35,37-39H2,1-5H3,(H2,63,71)(H,65,77)(H,67,83)(H,69,79)(H,70,78)(H,72,80)(H,73,76)(H3,64,66,82). The molecule has 3 heterocycles. The monoisotopic (exact) mass is 1150 g/mol. The highest BCUT2D eigenvalue weighted by Crippen LogP contribution is 2.30. The Bertz CT molecular complexity index is 2990. The van der Waals surface area contributed by atoms with E-state index in [4.69, 9.17) is 16.2 Å². The Morgan fingerprint density at radius 2 is 1.44 bits per heavy atom. The molecule has 84 heavy (non-hydrogen) atoms. The highest BCUT2D eigenvalue weighted by Gasteiger charge is 2.29. The number of nitrogens with zero attached hydrogens (tertiary/aromatic N) is 4. The molecule has 3 aromatic carbocycles. The molecule has 0 aliphatic carbocycles. The fraction of sp³-hybridized carbons (Fsp3) is 0.452. The van der Waals surface area contributed by atoms with Crippen LogP contribution in [0.25, 0.3) is 6.08 Å². The number of anilines is 2. The number of nitrogens with one attached hydrogen (secondary N) is 7. The number of nitrogens with two attached hydrogens (primary N) is 2. The molecule has 0 spiro atoms. The quantitative estimate of drug-likeness (QED) is 0.0240. The fourth-order valence-electron chi connectivity index (χ4n) is 9.74. The van der Waals surface area contributed by atoms with Gasteiger partial charge in [-0.15, -0.1) is 0 Å². The van der Waals surface area contributed by atoms with Gasteiger partial charge < -0.3 is 58.3 Å². The normalized spacial score (nSPS) is 13.5. The third kappa shape index (κ3) is 20.3. The average Bonchev–Trinajstić information content (AvgIpc) is 3.45. The van der Waals surface area contributed by atoms with Crippen molar-refractivity contribution < 1.29 is 43.1 Å². The predicted octanol–water partition coefficient (Wildman–Crippen LogP) is 6.96.